The molecule has 4 heteroatoms. The average molecular weight is 639 g/mol. The van der Waals surface area contributed by atoms with Gasteiger partial charge in [0.1, 0.15) is 0 Å². The summed E-state index contributed by atoms with van der Waals surface area (Å²) in [6.45, 7) is 0. The monoisotopic (exact) mass is 638 g/mol. The summed E-state index contributed by atoms with van der Waals surface area (Å²) >= 11 is 0. The van der Waals surface area contributed by atoms with Gasteiger partial charge >= 0.3 is 0 Å². The summed E-state index contributed by atoms with van der Waals surface area (Å²) in [6.07, 6.45) is 1.89. The summed E-state index contributed by atoms with van der Waals surface area (Å²) in [7, 11) is 0. The van der Waals surface area contributed by atoms with Crippen molar-refractivity contribution in [2.45, 2.75) is 0 Å². The molecule has 0 fully saturated rings. The topological polar surface area (TPSA) is 35.6 Å². The van der Waals surface area contributed by atoms with Crippen LogP contribution in [-0.2, 0) is 0 Å². The molecule has 0 amide bonds. The Kier molecular flexibility index (Phi) is 6.46. The zero-order valence-corrected chi connectivity index (χ0v) is 27.1. The third kappa shape index (κ3) is 4.46. The molecule has 10 rings (SSSR count). The second-order valence-electron chi connectivity index (χ2n) is 12.7. The van der Waals surface area contributed by atoms with Crippen LogP contribution in [-0.4, -0.2) is 19.1 Å². The molecule has 10 aromatic rings. The van der Waals surface area contributed by atoms with E-state index in [0.29, 0.717) is 0 Å². The molecule has 0 aliphatic heterocycles. The van der Waals surface area contributed by atoms with Gasteiger partial charge in [0.05, 0.1) is 44.7 Å². The predicted octanol–water partition coefficient (Wildman–Crippen LogP) is 11.7. The molecule has 4 nitrogen and oxygen atoms in total. The first-order valence-electron chi connectivity index (χ1n) is 16.9. The maximum Gasteiger partial charge on any atom is 0.0963 e. The number of benzene rings is 6. The van der Waals surface area contributed by atoms with Gasteiger partial charge in [0.25, 0.3) is 0 Å². The molecule has 0 unspecified atom stereocenters. The van der Waals surface area contributed by atoms with Gasteiger partial charge in [-0.15, -0.1) is 0 Å². The van der Waals surface area contributed by atoms with Gasteiger partial charge in [-0.3, -0.25) is 4.98 Å². The molecule has 50 heavy (non-hydrogen) atoms. The highest BCUT2D eigenvalue weighted by Crippen LogP contribution is 2.41. The minimum atomic E-state index is 0.926. The van der Waals surface area contributed by atoms with Crippen molar-refractivity contribution in [3.8, 4) is 45.0 Å². The van der Waals surface area contributed by atoms with E-state index in [9.17, 15) is 0 Å². The van der Waals surface area contributed by atoms with E-state index in [4.69, 9.17) is 9.97 Å². The van der Waals surface area contributed by atoms with Crippen molar-refractivity contribution >= 4 is 43.7 Å². The Bertz CT molecular complexity index is 2790. The van der Waals surface area contributed by atoms with Gasteiger partial charge in [0.2, 0.25) is 0 Å². The quantitative estimate of drug-likeness (QED) is 0.188. The summed E-state index contributed by atoms with van der Waals surface area (Å²) in [5.74, 6) is 0. The van der Waals surface area contributed by atoms with Gasteiger partial charge < -0.3 is 9.13 Å². The minimum absolute atomic E-state index is 0.926. The van der Waals surface area contributed by atoms with E-state index in [2.05, 4.69) is 167 Å². The molecule has 0 bridgehead atoms. The number of hydrogen-bond acceptors (Lipinski definition) is 2. The fourth-order valence-corrected chi connectivity index (χ4v) is 7.55. The number of aromatic nitrogens is 4. The lowest BCUT2D eigenvalue weighted by molar-refractivity contribution is 1.16. The summed E-state index contributed by atoms with van der Waals surface area (Å²) in [6, 6.07) is 62.3. The fraction of sp³-hybridized carbons (Fsp3) is 0. The average Bonchev–Trinajstić information content (AvgIpc) is 3.71. The van der Waals surface area contributed by atoms with Crippen LogP contribution < -0.4 is 0 Å². The van der Waals surface area contributed by atoms with Crippen LogP contribution in [0.3, 0.4) is 0 Å². The Morgan fingerprint density at radius 1 is 0.380 bits per heavy atom. The molecule has 6 aromatic carbocycles. The standard InChI is InChI=1S/C46H30N4/c1-4-14-31(15-5-1)39-29-35(30-40(48-39)32-16-6-2-7-17-32)50-43-24-13-27-47-46(43)38-26-25-33(28-44(38)50)36-21-12-23-42-45(36)37-20-10-11-22-41(37)49(42)34-18-8-3-9-19-34/h1-30H. The number of fused-ring (bicyclic) bond motifs is 6. The van der Waals surface area contributed by atoms with E-state index in [1.165, 1.54) is 27.4 Å². The van der Waals surface area contributed by atoms with Crippen LogP contribution in [0.5, 0.6) is 0 Å². The molecular formula is C46H30N4. The fourth-order valence-electron chi connectivity index (χ4n) is 7.55. The highest BCUT2D eigenvalue weighted by atomic mass is 15.0. The lowest BCUT2D eigenvalue weighted by atomic mass is 9.98. The smallest absolute Gasteiger partial charge is 0.0963 e. The van der Waals surface area contributed by atoms with Crippen molar-refractivity contribution in [2.75, 3.05) is 0 Å². The molecule has 0 spiro atoms. The van der Waals surface area contributed by atoms with Gasteiger partial charge in [0.15, 0.2) is 0 Å². The second kappa shape index (κ2) is 11.4. The van der Waals surface area contributed by atoms with Crippen LogP contribution in [0.1, 0.15) is 0 Å². The van der Waals surface area contributed by atoms with E-state index in [1.807, 2.05) is 24.4 Å². The summed E-state index contributed by atoms with van der Waals surface area (Å²) in [5.41, 5.74) is 14.1. The molecule has 0 saturated heterocycles. The lowest BCUT2D eigenvalue weighted by Crippen LogP contribution is -1.98. The third-order valence-corrected chi connectivity index (χ3v) is 9.75. The Labute approximate surface area is 289 Å². The summed E-state index contributed by atoms with van der Waals surface area (Å²) < 4.78 is 4.73. The van der Waals surface area contributed by atoms with Crippen molar-refractivity contribution < 1.29 is 0 Å². The highest BCUT2D eigenvalue weighted by molar-refractivity contribution is 6.17. The van der Waals surface area contributed by atoms with Gasteiger partial charge in [-0.2, -0.15) is 0 Å². The molecule has 0 aliphatic carbocycles. The Hall–Kier alpha value is -6.78. The third-order valence-electron chi connectivity index (χ3n) is 9.75. The van der Waals surface area contributed by atoms with Gasteiger partial charge in [-0.25, -0.2) is 4.98 Å². The molecule has 0 atom stereocenters. The summed E-state index contributed by atoms with van der Waals surface area (Å²) in [5, 5.41) is 3.59. The second-order valence-corrected chi connectivity index (χ2v) is 12.7. The molecule has 0 aliphatic rings. The Balaban J connectivity index is 1.25. The molecule has 234 valence electrons. The molecule has 0 saturated carbocycles. The first-order valence-corrected chi connectivity index (χ1v) is 16.9. The van der Waals surface area contributed by atoms with Crippen molar-refractivity contribution in [1.29, 1.82) is 0 Å². The van der Waals surface area contributed by atoms with E-state index >= 15 is 0 Å². The van der Waals surface area contributed by atoms with Crippen molar-refractivity contribution in [1.82, 2.24) is 19.1 Å². The SMILES string of the molecule is c1ccc(-c2cc(-n3c4cc(-c5cccc6c5c5ccccc5n6-c5ccccc5)ccc4c4ncccc43)cc(-c3ccccc3)n2)cc1. The zero-order valence-electron chi connectivity index (χ0n) is 27.1. The van der Waals surface area contributed by atoms with Crippen molar-refractivity contribution in [3.63, 3.8) is 0 Å². The molecule has 4 heterocycles. The predicted molar refractivity (Wildman–Crippen MR) is 207 cm³/mol. The molecular weight excluding hydrogens is 609 g/mol. The van der Waals surface area contributed by atoms with Crippen LogP contribution in [0.25, 0.3) is 88.8 Å². The van der Waals surface area contributed by atoms with Gasteiger partial charge in [0, 0.05) is 39.2 Å². The number of rotatable bonds is 5. The minimum Gasteiger partial charge on any atom is -0.309 e. The Morgan fingerprint density at radius 2 is 1.00 bits per heavy atom. The largest absolute Gasteiger partial charge is 0.309 e. The van der Waals surface area contributed by atoms with Crippen LogP contribution in [0.4, 0.5) is 0 Å². The first kappa shape index (κ1) is 28.3. The summed E-state index contributed by atoms with van der Waals surface area (Å²) in [4.78, 5) is 10.1. The van der Waals surface area contributed by atoms with Crippen molar-refractivity contribution in [3.05, 3.63) is 182 Å². The number of nitrogens with zero attached hydrogens (tertiary/aromatic N) is 4. The van der Waals surface area contributed by atoms with E-state index in [1.54, 1.807) is 0 Å². The van der Waals surface area contributed by atoms with E-state index in [-0.39, 0.29) is 0 Å². The first-order chi connectivity index (χ1) is 24.8. The van der Waals surface area contributed by atoms with E-state index in [0.717, 1.165) is 61.4 Å². The number of para-hydroxylation sites is 2. The van der Waals surface area contributed by atoms with Crippen LogP contribution in [0.15, 0.2) is 182 Å². The normalized spacial score (nSPS) is 11.6. The van der Waals surface area contributed by atoms with Crippen molar-refractivity contribution in [2.24, 2.45) is 0 Å². The van der Waals surface area contributed by atoms with Crippen LogP contribution >= 0.6 is 0 Å². The maximum atomic E-state index is 5.17. The molecule has 4 aromatic heterocycles. The molecule has 0 radical (unpaired) electrons. The number of hydrogen-bond donors (Lipinski definition) is 0. The number of pyridine rings is 2. The highest BCUT2D eigenvalue weighted by Gasteiger charge is 2.19. The van der Waals surface area contributed by atoms with E-state index < -0.39 is 0 Å². The lowest BCUT2D eigenvalue weighted by Gasteiger charge is -2.14. The Morgan fingerprint density at radius 3 is 1.74 bits per heavy atom. The maximum absolute atomic E-state index is 5.17. The van der Waals surface area contributed by atoms with Gasteiger partial charge in [-0.05, 0) is 71.8 Å². The van der Waals surface area contributed by atoms with Crippen LogP contribution in [0.2, 0.25) is 0 Å². The zero-order chi connectivity index (χ0) is 33.0. The van der Waals surface area contributed by atoms with Gasteiger partial charge in [-0.1, -0.05) is 115 Å². The molecule has 0 N–H and O–H groups in total. The van der Waals surface area contributed by atoms with Crippen LogP contribution in [0, 0.1) is 0 Å².